The average molecular weight is 512 g/mol. The van der Waals surface area contributed by atoms with Crippen molar-refractivity contribution in [2.45, 2.75) is 51.4 Å². The smallest absolute Gasteiger partial charge is 0.269 e. The molecule has 200 valence electrons. The fourth-order valence-electron chi connectivity index (χ4n) is 5.09. The Labute approximate surface area is 218 Å². The van der Waals surface area contributed by atoms with Crippen LogP contribution in [0, 0.1) is 10.1 Å². The first kappa shape index (κ1) is 28.0. The molecule has 2 unspecified atom stereocenters. The molecule has 2 aromatic carbocycles. The molecule has 2 saturated heterocycles. The van der Waals surface area contributed by atoms with Gasteiger partial charge in [0.2, 0.25) is 11.8 Å². The number of amides is 2. The number of nitrogens with zero attached hydrogens (tertiary/aromatic N) is 3. The number of nitro groups is 1. The molecule has 2 heterocycles. The summed E-state index contributed by atoms with van der Waals surface area (Å²) in [5.74, 6) is 2.47. The number of non-ortho nitro benzene ring substituents is 1. The SMILES string of the molecule is CCC(=O)N1CCC(c2cc([N+](=O)[O-])ccc2OC)C1.CCC(=O)N1CCC(c2ccccc2OC)C1. The summed E-state index contributed by atoms with van der Waals surface area (Å²) in [5, 5.41) is 10.9. The third-order valence-corrected chi connectivity index (χ3v) is 7.13. The zero-order chi connectivity index (χ0) is 26.9. The second-order valence-corrected chi connectivity index (χ2v) is 9.28. The summed E-state index contributed by atoms with van der Waals surface area (Å²) >= 11 is 0. The molecule has 2 atom stereocenters. The fourth-order valence-corrected chi connectivity index (χ4v) is 5.09. The molecular formula is C28H37N3O6. The third-order valence-electron chi connectivity index (χ3n) is 7.13. The Kier molecular flexibility index (Phi) is 9.88. The minimum absolute atomic E-state index is 0.0565. The Hall–Kier alpha value is -3.62. The van der Waals surface area contributed by atoms with E-state index in [0.29, 0.717) is 37.6 Å². The molecule has 2 aliphatic rings. The summed E-state index contributed by atoms with van der Waals surface area (Å²) < 4.78 is 10.7. The molecule has 0 N–H and O–H groups in total. The molecule has 9 nitrogen and oxygen atoms in total. The van der Waals surface area contributed by atoms with Gasteiger partial charge >= 0.3 is 0 Å². The van der Waals surface area contributed by atoms with Crippen LogP contribution in [0.25, 0.3) is 0 Å². The average Bonchev–Trinajstić information content (AvgIpc) is 3.63. The molecule has 0 saturated carbocycles. The first-order valence-corrected chi connectivity index (χ1v) is 12.8. The molecule has 9 heteroatoms. The number of methoxy groups -OCH3 is 2. The van der Waals surface area contributed by atoms with E-state index in [4.69, 9.17) is 9.47 Å². The standard InChI is InChI=1S/C14H18N2O4.C14H19NO2/c1-3-14(17)15-7-6-10(9-15)12-8-11(16(18)19)4-5-13(12)20-2;1-3-14(16)15-9-8-11(10-15)12-6-4-5-7-13(12)17-2/h4-5,8,10H,3,6-7,9H2,1-2H3;4-7,11H,3,8-10H2,1-2H3. The van der Waals surface area contributed by atoms with Crippen molar-refractivity contribution in [3.8, 4) is 11.5 Å². The Morgan fingerprint density at radius 3 is 1.89 bits per heavy atom. The largest absolute Gasteiger partial charge is 0.496 e. The molecule has 4 rings (SSSR count). The van der Waals surface area contributed by atoms with Crippen molar-refractivity contribution in [3.63, 3.8) is 0 Å². The Morgan fingerprint density at radius 1 is 0.865 bits per heavy atom. The van der Waals surface area contributed by atoms with Crippen molar-refractivity contribution < 1.29 is 24.0 Å². The lowest BCUT2D eigenvalue weighted by atomic mass is 9.97. The Balaban J connectivity index is 0.000000208. The molecule has 0 aromatic heterocycles. The van der Waals surface area contributed by atoms with E-state index in [2.05, 4.69) is 6.07 Å². The van der Waals surface area contributed by atoms with Crippen LogP contribution in [0.4, 0.5) is 5.69 Å². The summed E-state index contributed by atoms with van der Waals surface area (Å²) in [4.78, 5) is 37.6. The number of ether oxygens (including phenoxy) is 2. The molecule has 0 radical (unpaired) electrons. The normalized spacial score (nSPS) is 18.7. The van der Waals surface area contributed by atoms with E-state index in [1.807, 2.05) is 41.8 Å². The number of benzene rings is 2. The van der Waals surface area contributed by atoms with Crippen molar-refractivity contribution in [2.75, 3.05) is 40.4 Å². The van der Waals surface area contributed by atoms with Gasteiger partial charge in [0.05, 0.1) is 19.1 Å². The van der Waals surface area contributed by atoms with Crippen LogP contribution in [-0.2, 0) is 9.59 Å². The Morgan fingerprint density at radius 2 is 1.38 bits per heavy atom. The summed E-state index contributed by atoms with van der Waals surface area (Å²) in [7, 11) is 3.25. The van der Waals surface area contributed by atoms with Gasteiger partial charge in [0.25, 0.3) is 5.69 Å². The van der Waals surface area contributed by atoms with Crippen LogP contribution in [0.15, 0.2) is 42.5 Å². The lowest BCUT2D eigenvalue weighted by Gasteiger charge is -2.17. The van der Waals surface area contributed by atoms with Crippen molar-refractivity contribution in [1.82, 2.24) is 9.80 Å². The topological polar surface area (TPSA) is 102 Å². The van der Waals surface area contributed by atoms with Gasteiger partial charge in [-0.25, -0.2) is 0 Å². The zero-order valence-electron chi connectivity index (χ0n) is 22.1. The van der Waals surface area contributed by atoms with Gasteiger partial charge in [0.15, 0.2) is 0 Å². The van der Waals surface area contributed by atoms with E-state index in [1.54, 1.807) is 26.4 Å². The molecule has 2 aliphatic heterocycles. The van der Waals surface area contributed by atoms with E-state index in [-0.39, 0.29) is 23.4 Å². The second-order valence-electron chi connectivity index (χ2n) is 9.28. The molecule has 2 fully saturated rings. The maximum atomic E-state index is 11.7. The summed E-state index contributed by atoms with van der Waals surface area (Å²) in [6, 6.07) is 12.7. The van der Waals surface area contributed by atoms with Crippen LogP contribution in [-0.4, -0.2) is 66.9 Å². The molecule has 0 aliphatic carbocycles. The highest BCUT2D eigenvalue weighted by molar-refractivity contribution is 5.76. The number of carbonyl (C=O) groups excluding carboxylic acids is 2. The highest BCUT2D eigenvalue weighted by atomic mass is 16.6. The van der Waals surface area contributed by atoms with Gasteiger partial charge in [0.1, 0.15) is 11.5 Å². The van der Waals surface area contributed by atoms with Crippen LogP contribution < -0.4 is 9.47 Å². The number of hydrogen-bond acceptors (Lipinski definition) is 6. The number of carbonyl (C=O) groups is 2. The number of likely N-dealkylation sites (tertiary alicyclic amines) is 2. The van der Waals surface area contributed by atoms with Gasteiger partial charge in [-0.05, 0) is 30.5 Å². The van der Waals surface area contributed by atoms with Crippen molar-refractivity contribution in [2.24, 2.45) is 0 Å². The number of nitro benzene ring substituents is 1. The van der Waals surface area contributed by atoms with Gasteiger partial charge in [0, 0.05) is 68.6 Å². The number of para-hydroxylation sites is 1. The maximum absolute atomic E-state index is 11.7. The summed E-state index contributed by atoms with van der Waals surface area (Å²) in [5.41, 5.74) is 2.09. The van der Waals surface area contributed by atoms with Gasteiger partial charge in [-0.1, -0.05) is 32.0 Å². The maximum Gasteiger partial charge on any atom is 0.269 e. The monoisotopic (exact) mass is 511 g/mol. The van der Waals surface area contributed by atoms with Gasteiger partial charge in [-0.3, -0.25) is 19.7 Å². The van der Waals surface area contributed by atoms with Crippen LogP contribution in [0.3, 0.4) is 0 Å². The number of rotatable bonds is 7. The minimum atomic E-state index is -0.410. The molecule has 2 aromatic rings. The quantitative estimate of drug-likeness (QED) is 0.393. The zero-order valence-corrected chi connectivity index (χ0v) is 22.1. The molecule has 37 heavy (non-hydrogen) atoms. The number of hydrogen-bond donors (Lipinski definition) is 0. The first-order chi connectivity index (χ1) is 17.8. The summed E-state index contributed by atoms with van der Waals surface area (Å²) in [6.45, 7) is 6.75. The van der Waals surface area contributed by atoms with Crippen LogP contribution >= 0.6 is 0 Å². The lowest BCUT2D eigenvalue weighted by molar-refractivity contribution is -0.385. The second kappa shape index (κ2) is 13.1. The van der Waals surface area contributed by atoms with Crippen LogP contribution in [0.2, 0.25) is 0 Å². The minimum Gasteiger partial charge on any atom is -0.496 e. The molecule has 0 spiro atoms. The predicted molar refractivity (Wildman–Crippen MR) is 141 cm³/mol. The van der Waals surface area contributed by atoms with Gasteiger partial charge in [-0.15, -0.1) is 0 Å². The molecule has 2 amide bonds. The van der Waals surface area contributed by atoms with Crippen molar-refractivity contribution in [1.29, 1.82) is 0 Å². The van der Waals surface area contributed by atoms with Crippen LogP contribution in [0.5, 0.6) is 11.5 Å². The third kappa shape index (κ3) is 6.78. The van der Waals surface area contributed by atoms with E-state index in [0.717, 1.165) is 37.2 Å². The first-order valence-electron chi connectivity index (χ1n) is 12.8. The van der Waals surface area contributed by atoms with Crippen LogP contribution in [0.1, 0.15) is 62.5 Å². The van der Waals surface area contributed by atoms with Gasteiger partial charge < -0.3 is 19.3 Å². The highest BCUT2D eigenvalue weighted by Gasteiger charge is 2.30. The van der Waals surface area contributed by atoms with Gasteiger partial charge in [-0.2, -0.15) is 0 Å². The Bertz CT molecular complexity index is 1110. The predicted octanol–water partition coefficient (Wildman–Crippen LogP) is 4.75. The van der Waals surface area contributed by atoms with E-state index < -0.39 is 4.92 Å². The van der Waals surface area contributed by atoms with E-state index >= 15 is 0 Å². The van der Waals surface area contributed by atoms with E-state index in [1.165, 1.54) is 11.6 Å². The summed E-state index contributed by atoms with van der Waals surface area (Å²) in [6.07, 6.45) is 2.92. The molecule has 0 bridgehead atoms. The van der Waals surface area contributed by atoms with Crippen molar-refractivity contribution in [3.05, 3.63) is 63.7 Å². The highest BCUT2D eigenvalue weighted by Crippen LogP contribution is 2.36. The lowest BCUT2D eigenvalue weighted by Crippen LogP contribution is -2.27. The molecular weight excluding hydrogens is 474 g/mol. The van der Waals surface area contributed by atoms with Crippen molar-refractivity contribution >= 4 is 17.5 Å². The fraction of sp³-hybridized carbons (Fsp3) is 0.500. The van der Waals surface area contributed by atoms with E-state index in [9.17, 15) is 19.7 Å².